The second-order valence-corrected chi connectivity index (χ2v) is 8.31. The van der Waals surface area contributed by atoms with Crippen LogP contribution in [0.2, 0.25) is 0 Å². The topological polar surface area (TPSA) is 130 Å². The van der Waals surface area contributed by atoms with Crippen LogP contribution in [0.3, 0.4) is 0 Å². The van der Waals surface area contributed by atoms with E-state index in [0.717, 1.165) is 5.56 Å². The van der Waals surface area contributed by atoms with Crippen molar-refractivity contribution in [2.75, 3.05) is 4.72 Å². The third kappa shape index (κ3) is 7.92. The first-order chi connectivity index (χ1) is 13.6. The smallest absolute Gasteiger partial charge is 0.296 e. The van der Waals surface area contributed by atoms with E-state index in [1.165, 1.54) is 0 Å². The average molecular weight is 419 g/mol. The maximum atomic E-state index is 12.6. The lowest BCUT2D eigenvalue weighted by Gasteiger charge is -2.22. The second-order valence-electron chi connectivity index (χ2n) is 7.02. The molecule has 0 radical (unpaired) electrons. The highest BCUT2D eigenvalue weighted by atomic mass is 32.2. The summed E-state index contributed by atoms with van der Waals surface area (Å²) < 4.78 is 24.4. The van der Waals surface area contributed by atoms with Crippen molar-refractivity contribution in [3.05, 3.63) is 65.7 Å². The summed E-state index contributed by atoms with van der Waals surface area (Å²) in [6.45, 7) is 3.88. The number of benzene rings is 2. The molecule has 9 heteroatoms. The summed E-state index contributed by atoms with van der Waals surface area (Å²) in [6, 6.07) is 15.1. The van der Waals surface area contributed by atoms with Gasteiger partial charge in [-0.3, -0.25) is 14.3 Å². The molecule has 0 aliphatic carbocycles. The molecule has 8 nitrogen and oxygen atoms in total. The van der Waals surface area contributed by atoms with Crippen LogP contribution in [-0.2, 0) is 32.8 Å². The molecule has 156 valence electrons. The normalized spacial score (nSPS) is 12.3. The lowest BCUT2D eigenvalue weighted by molar-refractivity contribution is -0.129. The molecule has 0 saturated heterocycles. The van der Waals surface area contributed by atoms with Gasteiger partial charge < -0.3 is 10.6 Å². The molecule has 0 saturated carbocycles. The molecule has 1 atom stereocenters. The maximum Gasteiger partial charge on any atom is 0.296 e. The Morgan fingerprint density at radius 1 is 1.00 bits per heavy atom. The largest absolute Gasteiger partial charge is 0.350 e. The van der Waals surface area contributed by atoms with Crippen LogP contribution in [0, 0.1) is 5.92 Å². The Bertz CT molecular complexity index is 946. The summed E-state index contributed by atoms with van der Waals surface area (Å²) in [5, 5.41) is 10.5. The summed E-state index contributed by atoms with van der Waals surface area (Å²) in [7, 11) is -3.87. The molecular formula is C20H26N4O4S. The first-order valence-electron chi connectivity index (χ1n) is 9.14. The number of hydrogen-bond acceptors (Lipinski definition) is 4. The lowest BCUT2D eigenvalue weighted by Crippen LogP contribution is -2.49. The molecule has 0 spiro atoms. The van der Waals surface area contributed by atoms with Crippen LogP contribution in [0.4, 0.5) is 5.69 Å². The molecule has 29 heavy (non-hydrogen) atoms. The van der Waals surface area contributed by atoms with Crippen LogP contribution >= 0.6 is 0 Å². The number of rotatable bonds is 9. The van der Waals surface area contributed by atoms with Crippen molar-refractivity contribution >= 4 is 27.7 Å². The first-order valence-corrected chi connectivity index (χ1v) is 10.7. The molecule has 5 N–H and O–H groups in total. The molecule has 2 rings (SSSR count). The molecule has 2 aromatic rings. The fourth-order valence-corrected chi connectivity index (χ4v) is 3.20. The van der Waals surface area contributed by atoms with E-state index in [2.05, 4.69) is 15.4 Å². The van der Waals surface area contributed by atoms with Crippen LogP contribution in [0.15, 0.2) is 54.6 Å². The molecule has 0 aliphatic heterocycles. The molecule has 0 aromatic heterocycles. The van der Waals surface area contributed by atoms with E-state index >= 15 is 0 Å². The number of carbonyl (C=O) groups excluding carboxylic acids is 2. The Kier molecular flexibility index (Phi) is 7.74. The van der Waals surface area contributed by atoms with Gasteiger partial charge in [0.05, 0.1) is 12.1 Å². The molecule has 0 heterocycles. The second kappa shape index (κ2) is 10.0. The van der Waals surface area contributed by atoms with E-state index in [4.69, 9.17) is 5.14 Å². The standard InChI is InChI=1S/C20H26N4O4S/c1-14(2)19(23-18(25)12-15-7-4-3-5-8-15)20(26)22-13-16-9-6-10-17(11-16)24-29(21,27)28/h3-11,14,19,24H,12-13H2,1-2H3,(H,22,26)(H,23,25)(H2,21,27,28)/t19-/m0/s1. The minimum absolute atomic E-state index is 0.106. The van der Waals surface area contributed by atoms with Crippen LogP contribution in [-0.4, -0.2) is 26.3 Å². The van der Waals surface area contributed by atoms with Gasteiger partial charge in [-0.2, -0.15) is 8.42 Å². The molecular weight excluding hydrogens is 392 g/mol. The van der Waals surface area contributed by atoms with Crippen molar-refractivity contribution < 1.29 is 18.0 Å². The van der Waals surface area contributed by atoms with Crippen molar-refractivity contribution in [2.24, 2.45) is 11.1 Å². The number of carbonyl (C=O) groups is 2. The van der Waals surface area contributed by atoms with E-state index in [-0.39, 0.29) is 30.7 Å². The van der Waals surface area contributed by atoms with Crippen LogP contribution < -0.4 is 20.5 Å². The molecule has 2 amide bonds. The van der Waals surface area contributed by atoms with Gasteiger partial charge >= 0.3 is 0 Å². The number of hydrogen-bond donors (Lipinski definition) is 4. The van der Waals surface area contributed by atoms with Crippen LogP contribution in [0.5, 0.6) is 0 Å². The van der Waals surface area contributed by atoms with Gasteiger partial charge in [-0.05, 0) is 29.2 Å². The lowest BCUT2D eigenvalue weighted by atomic mass is 10.0. The summed E-state index contributed by atoms with van der Waals surface area (Å²) in [4.78, 5) is 24.9. The molecule has 0 bridgehead atoms. The minimum Gasteiger partial charge on any atom is -0.350 e. The maximum absolute atomic E-state index is 12.6. The molecule has 0 unspecified atom stereocenters. The highest BCUT2D eigenvalue weighted by molar-refractivity contribution is 7.90. The zero-order valence-electron chi connectivity index (χ0n) is 16.4. The van der Waals surface area contributed by atoms with Crippen molar-refractivity contribution in [3.8, 4) is 0 Å². The molecule has 0 aliphatic rings. The predicted molar refractivity (Wildman–Crippen MR) is 112 cm³/mol. The van der Waals surface area contributed by atoms with Gasteiger partial charge in [0.1, 0.15) is 6.04 Å². The third-order valence-electron chi connectivity index (χ3n) is 4.13. The van der Waals surface area contributed by atoms with Gasteiger partial charge in [0.25, 0.3) is 10.2 Å². The van der Waals surface area contributed by atoms with Crippen molar-refractivity contribution in [1.29, 1.82) is 0 Å². The Morgan fingerprint density at radius 3 is 2.28 bits per heavy atom. The van der Waals surface area contributed by atoms with Crippen molar-refractivity contribution in [2.45, 2.75) is 32.9 Å². The van der Waals surface area contributed by atoms with Crippen LogP contribution in [0.25, 0.3) is 0 Å². The van der Waals surface area contributed by atoms with Gasteiger partial charge in [-0.1, -0.05) is 56.3 Å². The Morgan fingerprint density at radius 2 is 1.66 bits per heavy atom. The predicted octanol–water partition coefficient (Wildman–Crippen LogP) is 1.30. The number of amides is 2. The number of anilines is 1. The Hall–Kier alpha value is -2.91. The van der Waals surface area contributed by atoms with E-state index in [9.17, 15) is 18.0 Å². The van der Waals surface area contributed by atoms with E-state index in [0.29, 0.717) is 11.3 Å². The molecule has 0 fully saturated rings. The summed E-state index contributed by atoms with van der Waals surface area (Å²) in [5.41, 5.74) is 1.85. The number of nitrogens with two attached hydrogens (primary N) is 1. The van der Waals surface area contributed by atoms with Gasteiger partial charge in [0, 0.05) is 6.54 Å². The zero-order valence-corrected chi connectivity index (χ0v) is 17.2. The van der Waals surface area contributed by atoms with Crippen molar-refractivity contribution in [3.63, 3.8) is 0 Å². The fourth-order valence-electron chi connectivity index (χ4n) is 2.75. The third-order valence-corrected chi connectivity index (χ3v) is 4.65. The average Bonchev–Trinajstić information content (AvgIpc) is 2.63. The first kappa shape index (κ1) is 22.4. The Balaban J connectivity index is 1.96. The Labute approximate surface area is 171 Å². The highest BCUT2D eigenvalue weighted by Crippen LogP contribution is 2.12. The minimum atomic E-state index is -3.87. The van der Waals surface area contributed by atoms with Crippen LogP contribution in [0.1, 0.15) is 25.0 Å². The molecule has 2 aromatic carbocycles. The van der Waals surface area contributed by atoms with Crippen molar-refractivity contribution in [1.82, 2.24) is 10.6 Å². The SMILES string of the molecule is CC(C)[C@H](NC(=O)Cc1ccccc1)C(=O)NCc1cccc(NS(N)(=O)=O)c1. The quantitative estimate of drug-likeness (QED) is 0.489. The van der Waals surface area contributed by atoms with Gasteiger partial charge in [-0.15, -0.1) is 0 Å². The summed E-state index contributed by atoms with van der Waals surface area (Å²) in [6.07, 6.45) is 0.193. The zero-order chi connectivity index (χ0) is 21.4. The van der Waals surface area contributed by atoms with E-state index in [1.807, 2.05) is 44.2 Å². The monoisotopic (exact) mass is 418 g/mol. The highest BCUT2D eigenvalue weighted by Gasteiger charge is 2.24. The van der Waals surface area contributed by atoms with Gasteiger partial charge in [0.15, 0.2) is 0 Å². The fraction of sp³-hybridized carbons (Fsp3) is 0.300. The summed E-state index contributed by atoms with van der Waals surface area (Å²) in [5.74, 6) is -0.652. The number of nitrogens with one attached hydrogen (secondary N) is 3. The van der Waals surface area contributed by atoms with E-state index in [1.54, 1.807) is 24.3 Å². The van der Waals surface area contributed by atoms with Gasteiger partial charge in [0.2, 0.25) is 11.8 Å². The summed E-state index contributed by atoms with van der Waals surface area (Å²) >= 11 is 0. The van der Waals surface area contributed by atoms with E-state index < -0.39 is 16.3 Å². The van der Waals surface area contributed by atoms with Gasteiger partial charge in [-0.25, -0.2) is 5.14 Å².